The Morgan fingerprint density at radius 2 is 2.08 bits per heavy atom. The lowest BCUT2D eigenvalue weighted by molar-refractivity contribution is 0.0690. The minimum absolute atomic E-state index is 0.0864. The molecule has 24 heavy (non-hydrogen) atoms. The first-order chi connectivity index (χ1) is 11.5. The highest BCUT2D eigenvalue weighted by Crippen LogP contribution is 2.25. The third kappa shape index (κ3) is 2.73. The molecule has 0 spiro atoms. The molecule has 0 aliphatic carbocycles. The minimum atomic E-state index is -1.20. The van der Waals surface area contributed by atoms with E-state index in [0.29, 0.717) is 17.1 Å². The number of aryl methyl sites for hydroxylation is 1. The second-order valence-electron chi connectivity index (χ2n) is 5.13. The van der Waals surface area contributed by atoms with Crippen LogP contribution in [0.1, 0.15) is 21.6 Å². The molecule has 0 saturated carbocycles. The molecule has 0 aliphatic heterocycles. The number of hydrogen-bond acceptors (Lipinski definition) is 4. The van der Waals surface area contributed by atoms with Crippen LogP contribution in [0.4, 0.5) is 4.39 Å². The summed E-state index contributed by atoms with van der Waals surface area (Å²) in [6.45, 7) is 1.87. The summed E-state index contributed by atoms with van der Waals surface area (Å²) in [7, 11) is 0. The van der Waals surface area contributed by atoms with Crippen molar-refractivity contribution in [3.05, 3.63) is 65.2 Å². The number of aromatic nitrogens is 3. The largest absolute Gasteiger partial charge is 0.476 e. The van der Waals surface area contributed by atoms with Gasteiger partial charge in [-0.05, 0) is 36.8 Å². The molecule has 1 N–H and O–H groups in total. The van der Waals surface area contributed by atoms with Crippen molar-refractivity contribution in [3.63, 3.8) is 0 Å². The Hall–Kier alpha value is -3.53. The third-order valence-electron chi connectivity index (χ3n) is 3.43. The van der Waals surface area contributed by atoms with Crippen LogP contribution in [-0.4, -0.2) is 25.8 Å². The van der Waals surface area contributed by atoms with Gasteiger partial charge in [0.1, 0.15) is 11.9 Å². The van der Waals surface area contributed by atoms with Crippen LogP contribution in [0.2, 0.25) is 0 Å². The predicted molar refractivity (Wildman–Crippen MR) is 83.2 cm³/mol. The smallest absolute Gasteiger partial charge is 0.356 e. The van der Waals surface area contributed by atoms with Crippen molar-refractivity contribution in [1.82, 2.24) is 14.8 Å². The van der Waals surface area contributed by atoms with Gasteiger partial charge in [-0.15, -0.1) is 0 Å². The van der Waals surface area contributed by atoms with Crippen molar-refractivity contribution in [2.24, 2.45) is 0 Å². The molecule has 1 aromatic carbocycles. The number of carboxylic acid groups (broad SMARTS) is 1. The molecule has 6 nitrogen and oxygen atoms in total. The van der Waals surface area contributed by atoms with Crippen LogP contribution >= 0.6 is 0 Å². The highest BCUT2D eigenvalue weighted by atomic mass is 19.1. The summed E-state index contributed by atoms with van der Waals surface area (Å²) in [6, 6.07) is 10.6. The zero-order valence-corrected chi connectivity index (χ0v) is 12.6. The van der Waals surface area contributed by atoms with E-state index in [1.165, 1.54) is 28.9 Å². The molecule has 0 aliphatic rings. The maximum absolute atomic E-state index is 13.9. The molecular formula is C17H11FN4O2. The number of aromatic carboxylic acids is 1. The highest BCUT2D eigenvalue weighted by molar-refractivity contribution is 5.87. The lowest BCUT2D eigenvalue weighted by Gasteiger charge is -2.07. The zero-order valence-electron chi connectivity index (χ0n) is 12.6. The zero-order chi connectivity index (χ0) is 17.3. The fraction of sp³-hybridized carbons (Fsp3) is 0.0588. The molecule has 0 amide bonds. The van der Waals surface area contributed by atoms with Gasteiger partial charge in [0.15, 0.2) is 11.5 Å². The standard InChI is InChI=1S/C17H11FN4O2/c1-10-2-5-16(20-9-10)22-15(7-14(21-22)17(23)24)11-3-4-12(8-19)13(18)6-11/h2-7,9H,1H3,(H,23,24). The summed E-state index contributed by atoms with van der Waals surface area (Å²) in [4.78, 5) is 15.5. The second kappa shape index (κ2) is 5.93. The Bertz CT molecular complexity index is 971. The summed E-state index contributed by atoms with van der Waals surface area (Å²) in [5, 5.41) is 22.0. The van der Waals surface area contributed by atoms with E-state index in [1.54, 1.807) is 18.3 Å². The van der Waals surface area contributed by atoms with Crippen molar-refractivity contribution in [3.8, 4) is 23.1 Å². The van der Waals surface area contributed by atoms with Crippen molar-refractivity contribution in [1.29, 1.82) is 5.26 Å². The van der Waals surface area contributed by atoms with Gasteiger partial charge in [0.05, 0.1) is 11.3 Å². The molecule has 3 rings (SSSR count). The van der Waals surface area contributed by atoms with Gasteiger partial charge >= 0.3 is 5.97 Å². The van der Waals surface area contributed by atoms with E-state index in [9.17, 15) is 14.3 Å². The Balaban J connectivity index is 2.19. The maximum atomic E-state index is 13.9. The van der Waals surface area contributed by atoms with Crippen LogP contribution in [0.25, 0.3) is 17.1 Å². The molecule has 2 heterocycles. The molecule has 0 saturated heterocycles. The Labute approximate surface area is 136 Å². The van der Waals surface area contributed by atoms with Crippen LogP contribution in [-0.2, 0) is 0 Å². The Morgan fingerprint density at radius 1 is 1.29 bits per heavy atom. The fourth-order valence-corrected chi connectivity index (χ4v) is 2.22. The van der Waals surface area contributed by atoms with Gasteiger partial charge in [-0.3, -0.25) is 0 Å². The number of nitriles is 1. The number of carboxylic acids is 1. The van der Waals surface area contributed by atoms with Crippen molar-refractivity contribution < 1.29 is 14.3 Å². The monoisotopic (exact) mass is 322 g/mol. The number of benzene rings is 1. The van der Waals surface area contributed by atoms with Crippen LogP contribution in [0.15, 0.2) is 42.6 Å². The van der Waals surface area contributed by atoms with E-state index >= 15 is 0 Å². The highest BCUT2D eigenvalue weighted by Gasteiger charge is 2.17. The van der Waals surface area contributed by atoms with E-state index in [2.05, 4.69) is 10.1 Å². The molecule has 118 valence electrons. The van der Waals surface area contributed by atoms with Crippen LogP contribution < -0.4 is 0 Å². The van der Waals surface area contributed by atoms with Gasteiger partial charge in [0, 0.05) is 11.8 Å². The number of rotatable bonds is 3. The fourth-order valence-electron chi connectivity index (χ4n) is 2.22. The van der Waals surface area contributed by atoms with Gasteiger partial charge in [-0.25, -0.2) is 18.9 Å². The summed E-state index contributed by atoms with van der Waals surface area (Å²) < 4.78 is 15.2. The topological polar surface area (TPSA) is 91.8 Å². The van der Waals surface area contributed by atoms with Crippen LogP contribution in [0, 0.1) is 24.1 Å². The van der Waals surface area contributed by atoms with Gasteiger partial charge in [0.25, 0.3) is 0 Å². The van der Waals surface area contributed by atoms with Crippen molar-refractivity contribution >= 4 is 5.97 Å². The Morgan fingerprint density at radius 3 is 2.67 bits per heavy atom. The van der Waals surface area contributed by atoms with E-state index in [1.807, 2.05) is 13.0 Å². The quantitative estimate of drug-likeness (QED) is 0.800. The summed E-state index contributed by atoms with van der Waals surface area (Å²) >= 11 is 0. The molecule has 7 heteroatoms. The normalized spacial score (nSPS) is 10.4. The molecule has 3 aromatic rings. The van der Waals surface area contributed by atoms with E-state index in [4.69, 9.17) is 5.26 Å². The minimum Gasteiger partial charge on any atom is -0.476 e. The van der Waals surface area contributed by atoms with Crippen molar-refractivity contribution in [2.45, 2.75) is 6.92 Å². The number of nitrogens with zero attached hydrogens (tertiary/aromatic N) is 4. The summed E-state index contributed by atoms with van der Waals surface area (Å²) in [6.07, 6.45) is 1.63. The van der Waals surface area contributed by atoms with Gasteiger partial charge in [-0.2, -0.15) is 10.4 Å². The SMILES string of the molecule is Cc1ccc(-n2nc(C(=O)O)cc2-c2ccc(C#N)c(F)c2)nc1. The van der Waals surface area contributed by atoms with Gasteiger partial charge in [-0.1, -0.05) is 12.1 Å². The summed E-state index contributed by atoms with van der Waals surface area (Å²) in [5.74, 6) is -1.47. The van der Waals surface area contributed by atoms with Crippen LogP contribution in [0.3, 0.4) is 0 Å². The average Bonchev–Trinajstić information content (AvgIpc) is 3.01. The number of carbonyl (C=O) groups is 1. The van der Waals surface area contributed by atoms with E-state index in [-0.39, 0.29) is 11.3 Å². The number of pyridine rings is 1. The van der Waals surface area contributed by atoms with Crippen molar-refractivity contribution in [2.75, 3.05) is 0 Å². The first kappa shape index (κ1) is 15.4. The van der Waals surface area contributed by atoms with E-state index in [0.717, 1.165) is 5.56 Å². The summed E-state index contributed by atoms with van der Waals surface area (Å²) in [5.41, 5.74) is 1.44. The van der Waals surface area contributed by atoms with Crippen LogP contribution in [0.5, 0.6) is 0 Å². The predicted octanol–water partition coefficient (Wildman–Crippen LogP) is 2.95. The molecule has 0 bridgehead atoms. The van der Waals surface area contributed by atoms with Gasteiger partial charge in [0.2, 0.25) is 0 Å². The van der Waals surface area contributed by atoms with Gasteiger partial charge < -0.3 is 5.11 Å². The van der Waals surface area contributed by atoms with E-state index < -0.39 is 11.8 Å². The molecule has 2 aromatic heterocycles. The Kier molecular flexibility index (Phi) is 3.80. The third-order valence-corrected chi connectivity index (χ3v) is 3.43. The number of halogens is 1. The lowest BCUT2D eigenvalue weighted by Crippen LogP contribution is -2.04. The molecule has 0 unspecified atom stereocenters. The lowest BCUT2D eigenvalue weighted by atomic mass is 10.1. The number of hydrogen-bond donors (Lipinski definition) is 1. The first-order valence-corrected chi connectivity index (χ1v) is 6.96. The average molecular weight is 322 g/mol. The molecular weight excluding hydrogens is 311 g/mol. The maximum Gasteiger partial charge on any atom is 0.356 e. The second-order valence-corrected chi connectivity index (χ2v) is 5.13. The molecule has 0 atom stereocenters. The molecule has 0 radical (unpaired) electrons. The first-order valence-electron chi connectivity index (χ1n) is 6.96. The molecule has 0 fully saturated rings.